The van der Waals surface area contributed by atoms with Crippen molar-refractivity contribution in [2.24, 2.45) is 17.0 Å². The van der Waals surface area contributed by atoms with Gasteiger partial charge in [0.2, 0.25) is 5.91 Å². The molecule has 0 aromatic heterocycles. The minimum atomic E-state index is -3.73. The summed E-state index contributed by atoms with van der Waals surface area (Å²) in [5, 5.41) is 14.2. The fourth-order valence-electron chi connectivity index (χ4n) is 2.76. The van der Waals surface area contributed by atoms with E-state index in [9.17, 15) is 23.1 Å². The largest absolute Gasteiger partial charge is 0.481 e. The Morgan fingerprint density at radius 3 is 2.05 bits per heavy atom. The standard InChI is InChI=1S/C12H19N3O5S/c13-21(19,20)15-7-5-14(6-8-15)11(16)9-3-1-2-4-10(9)12(17)18/h1-2,9-10H,3-8H2,(H,17,18)(H2,13,19,20). The number of carbonyl (C=O) groups excluding carboxylic acids is 1. The first-order valence-corrected chi connectivity index (χ1v) is 8.25. The number of amides is 1. The van der Waals surface area contributed by atoms with Gasteiger partial charge in [0.25, 0.3) is 10.2 Å². The lowest BCUT2D eigenvalue weighted by Crippen LogP contribution is -2.54. The van der Waals surface area contributed by atoms with Crippen molar-refractivity contribution in [1.29, 1.82) is 0 Å². The lowest BCUT2D eigenvalue weighted by atomic mass is 9.82. The number of hydrogen-bond donors (Lipinski definition) is 2. The lowest BCUT2D eigenvalue weighted by Gasteiger charge is -2.36. The van der Waals surface area contributed by atoms with Gasteiger partial charge < -0.3 is 10.0 Å². The second-order valence-corrected chi connectivity index (χ2v) is 6.81. The van der Waals surface area contributed by atoms with Crippen molar-refractivity contribution in [2.45, 2.75) is 12.8 Å². The summed E-state index contributed by atoms with van der Waals surface area (Å²) in [5.74, 6) is -2.48. The lowest BCUT2D eigenvalue weighted by molar-refractivity contribution is -0.151. The van der Waals surface area contributed by atoms with Crippen LogP contribution in [0.5, 0.6) is 0 Å². The Morgan fingerprint density at radius 2 is 1.57 bits per heavy atom. The van der Waals surface area contributed by atoms with E-state index in [0.717, 1.165) is 4.31 Å². The summed E-state index contributed by atoms with van der Waals surface area (Å²) in [6.07, 6.45) is 4.36. The number of rotatable bonds is 3. The first-order chi connectivity index (χ1) is 9.80. The minimum absolute atomic E-state index is 0.144. The molecule has 0 spiro atoms. The number of nitrogens with two attached hydrogens (primary N) is 1. The second kappa shape index (κ2) is 6.12. The van der Waals surface area contributed by atoms with Gasteiger partial charge in [-0.15, -0.1) is 0 Å². The third kappa shape index (κ3) is 3.60. The van der Waals surface area contributed by atoms with E-state index in [0.29, 0.717) is 12.8 Å². The quantitative estimate of drug-likeness (QED) is 0.647. The van der Waals surface area contributed by atoms with Crippen molar-refractivity contribution in [3.05, 3.63) is 12.2 Å². The van der Waals surface area contributed by atoms with Crippen LogP contribution in [0, 0.1) is 11.8 Å². The highest BCUT2D eigenvalue weighted by molar-refractivity contribution is 7.86. The number of piperazine rings is 1. The molecule has 0 aromatic rings. The third-order valence-electron chi connectivity index (χ3n) is 3.98. The molecule has 2 rings (SSSR count). The molecular formula is C12H19N3O5S. The Kier molecular flexibility index (Phi) is 4.64. The molecule has 2 aliphatic rings. The maximum atomic E-state index is 12.5. The molecule has 1 fully saturated rings. The summed E-state index contributed by atoms with van der Waals surface area (Å²) in [6.45, 7) is 0.763. The molecule has 1 amide bonds. The van der Waals surface area contributed by atoms with Crippen molar-refractivity contribution in [1.82, 2.24) is 9.21 Å². The van der Waals surface area contributed by atoms with E-state index in [1.807, 2.05) is 6.08 Å². The summed E-state index contributed by atoms with van der Waals surface area (Å²) >= 11 is 0. The highest BCUT2D eigenvalue weighted by Gasteiger charge is 2.37. The minimum Gasteiger partial charge on any atom is -0.481 e. The monoisotopic (exact) mass is 317 g/mol. The summed E-state index contributed by atoms with van der Waals surface area (Å²) in [4.78, 5) is 25.2. The van der Waals surface area contributed by atoms with Crippen molar-refractivity contribution in [3.8, 4) is 0 Å². The summed E-state index contributed by atoms with van der Waals surface area (Å²) in [5.41, 5.74) is 0. The molecule has 0 radical (unpaired) electrons. The van der Waals surface area contributed by atoms with Gasteiger partial charge in [0.1, 0.15) is 0 Å². The van der Waals surface area contributed by atoms with Gasteiger partial charge in [-0.25, -0.2) is 5.14 Å². The van der Waals surface area contributed by atoms with Gasteiger partial charge in [0, 0.05) is 26.2 Å². The Hall–Kier alpha value is -1.45. The topological polar surface area (TPSA) is 121 Å². The van der Waals surface area contributed by atoms with Crippen LogP contribution in [0.15, 0.2) is 12.2 Å². The van der Waals surface area contributed by atoms with Crippen molar-refractivity contribution in [3.63, 3.8) is 0 Å². The molecule has 1 heterocycles. The van der Waals surface area contributed by atoms with Crippen molar-refractivity contribution < 1.29 is 23.1 Å². The van der Waals surface area contributed by atoms with Crippen LogP contribution >= 0.6 is 0 Å². The molecule has 2 unspecified atom stereocenters. The second-order valence-electron chi connectivity index (χ2n) is 5.26. The number of aliphatic carboxylic acids is 1. The van der Waals surface area contributed by atoms with Crippen LogP contribution in [-0.4, -0.2) is 60.8 Å². The third-order valence-corrected chi connectivity index (χ3v) is 5.06. The van der Waals surface area contributed by atoms with Gasteiger partial charge in [0.05, 0.1) is 11.8 Å². The van der Waals surface area contributed by atoms with Crippen LogP contribution < -0.4 is 5.14 Å². The highest BCUT2D eigenvalue weighted by Crippen LogP contribution is 2.28. The highest BCUT2D eigenvalue weighted by atomic mass is 32.2. The smallest absolute Gasteiger partial charge is 0.307 e. The number of hydrogen-bond acceptors (Lipinski definition) is 4. The fourth-order valence-corrected chi connectivity index (χ4v) is 3.43. The van der Waals surface area contributed by atoms with E-state index in [1.165, 1.54) is 4.90 Å². The number of allylic oxidation sites excluding steroid dienone is 2. The SMILES string of the molecule is NS(=O)(=O)N1CCN(C(=O)C2CC=CCC2C(=O)O)CC1. The van der Waals surface area contributed by atoms with Crippen molar-refractivity contribution >= 4 is 22.1 Å². The predicted octanol–water partition coefficient (Wildman–Crippen LogP) is -0.999. The van der Waals surface area contributed by atoms with Gasteiger partial charge in [-0.2, -0.15) is 12.7 Å². The Bertz CT molecular complexity index is 551. The normalized spacial score (nSPS) is 27.6. The average Bonchev–Trinajstić information content (AvgIpc) is 2.45. The fraction of sp³-hybridized carbons (Fsp3) is 0.667. The summed E-state index contributed by atoms with van der Waals surface area (Å²) in [6, 6.07) is 0. The average molecular weight is 317 g/mol. The molecule has 8 nitrogen and oxygen atoms in total. The molecule has 118 valence electrons. The molecule has 1 aliphatic carbocycles. The number of carbonyl (C=O) groups is 2. The van der Waals surface area contributed by atoms with Gasteiger partial charge in [-0.05, 0) is 12.8 Å². The maximum absolute atomic E-state index is 12.5. The van der Waals surface area contributed by atoms with E-state index < -0.39 is 28.0 Å². The van der Waals surface area contributed by atoms with Crippen LogP contribution in [0.2, 0.25) is 0 Å². The Balaban J connectivity index is 2.01. The first-order valence-electron chi connectivity index (χ1n) is 6.75. The zero-order valence-corrected chi connectivity index (χ0v) is 12.3. The van der Waals surface area contributed by atoms with E-state index >= 15 is 0 Å². The molecule has 21 heavy (non-hydrogen) atoms. The van der Waals surface area contributed by atoms with Gasteiger partial charge >= 0.3 is 5.97 Å². The van der Waals surface area contributed by atoms with E-state index in [-0.39, 0.29) is 32.1 Å². The van der Waals surface area contributed by atoms with E-state index in [4.69, 9.17) is 5.14 Å². The molecule has 0 bridgehead atoms. The van der Waals surface area contributed by atoms with Crippen LogP contribution in [0.25, 0.3) is 0 Å². The number of carboxylic acids is 1. The summed E-state index contributed by atoms with van der Waals surface area (Å²) < 4.78 is 23.6. The van der Waals surface area contributed by atoms with Gasteiger partial charge in [-0.3, -0.25) is 9.59 Å². The molecule has 1 aliphatic heterocycles. The van der Waals surface area contributed by atoms with Gasteiger partial charge in [0.15, 0.2) is 0 Å². The van der Waals surface area contributed by atoms with Gasteiger partial charge in [-0.1, -0.05) is 12.2 Å². The zero-order chi connectivity index (χ0) is 15.6. The first kappa shape index (κ1) is 15.9. The molecule has 2 atom stereocenters. The van der Waals surface area contributed by atoms with Crippen LogP contribution in [0.4, 0.5) is 0 Å². The predicted molar refractivity (Wildman–Crippen MR) is 74.3 cm³/mol. The zero-order valence-electron chi connectivity index (χ0n) is 11.5. The van der Waals surface area contributed by atoms with Crippen LogP contribution in [-0.2, 0) is 19.8 Å². The molecule has 3 N–H and O–H groups in total. The van der Waals surface area contributed by atoms with E-state index in [2.05, 4.69) is 0 Å². The number of nitrogens with zero attached hydrogens (tertiary/aromatic N) is 2. The molecule has 1 saturated heterocycles. The molecular weight excluding hydrogens is 298 g/mol. The molecule has 0 aromatic carbocycles. The molecule has 9 heteroatoms. The number of carboxylic acid groups (broad SMARTS) is 1. The van der Waals surface area contributed by atoms with E-state index in [1.54, 1.807) is 6.08 Å². The van der Waals surface area contributed by atoms with Crippen LogP contribution in [0.3, 0.4) is 0 Å². The van der Waals surface area contributed by atoms with Crippen molar-refractivity contribution in [2.75, 3.05) is 26.2 Å². The van der Waals surface area contributed by atoms with Crippen LogP contribution in [0.1, 0.15) is 12.8 Å². The summed E-state index contributed by atoms with van der Waals surface area (Å²) in [7, 11) is -3.73. The molecule has 0 saturated carbocycles. The Labute approximate surface area is 123 Å². The Morgan fingerprint density at radius 1 is 1.05 bits per heavy atom. The maximum Gasteiger partial charge on any atom is 0.307 e.